The second kappa shape index (κ2) is 7.01. The summed E-state index contributed by atoms with van der Waals surface area (Å²) in [6.45, 7) is 4.63. The van der Waals surface area contributed by atoms with Crippen LogP contribution >= 0.6 is 0 Å². The Balaban J connectivity index is 2.58. The van der Waals surface area contributed by atoms with Gasteiger partial charge < -0.3 is 15.2 Å². The fourth-order valence-corrected chi connectivity index (χ4v) is 1.78. The van der Waals surface area contributed by atoms with Crippen LogP contribution in [0.25, 0.3) is 0 Å². The zero-order valence-electron chi connectivity index (χ0n) is 11.2. The van der Waals surface area contributed by atoms with Gasteiger partial charge in [0.15, 0.2) is 0 Å². The summed E-state index contributed by atoms with van der Waals surface area (Å²) in [5.74, 6) is 0.538. The van der Waals surface area contributed by atoms with E-state index in [9.17, 15) is 4.79 Å². The number of carbonyl (C=O) groups is 1. The zero-order valence-corrected chi connectivity index (χ0v) is 11.2. The van der Waals surface area contributed by atoms with E-state index in [4.69, 9.17) is 10.5 Å². The van der Waals surface area contributed by atoms with Crippen molar-refractivity contribution >= 4 is 5.97 Å². The van der Waals surface area contributed by atoms with Gasteiger partial charge in [0, 0.05) is 0 Å². The molecule has 1 atom stereocenters. The van der Waals surface area contributed by atoms with E-state index in [2.05, 4.69) is 10.8 Å². The fourth-order valence-electron chi connectivity index (χ4n) is 1.78. The number of carbonyl (C=O) groups excluding carboxylic acids is 1. The maximum Gasteiger partial charge on any atom is 0.322 e. The van der Waals surface area contributed by atoms with Gasteiger partial charge in [0.2, 0.25) is 0 Å². The Bertz CT molecular complexity index is 404. The van der Waals surface area contributed by atoms with Crippen molar-refractivity contribution in [1.29, 1.82) is 0 Å². The van der Waals surface area contributed by atoms with E-state index in [-0.39, 0.29) is 5.97 Å². The molecular weight excluding hydrogens is 230 g/mol. The Labute approximate surface area is 108 Å². The number of aryl methyl sites for hydroxylation is 2. The van der Waals surface area contributed by atoms with Crippen molar-refractivity contribution in [2.45, 2.75) is 32.7 Å². The highest BCUT2D eigenvalue weighted by Crippen LogP contribution is 2.20. The van der Waals surface area contributed by atoms with Crippen molar-refractivity contribution in [3.05, 3.63) is 29.3 Å². The lowest BCUT2D eigenvalue weighted by atomic mass is 10.0. The number of methoxy groups -OCH3 is 1. The number of hydrogen-bond acceptors (Lipinski definition) is 4. The summed E-state index contributed by atoms with van der Waals surface area (Å²) in [6, 6.07) is 5.47. The molecule has 2 N–H and O–H groups in total. The summed E-state index contributed by atoms with van der Waals surface area (Å²) in [5.41, 5.74) is 7.94. The number of rotatable bonds is 6. The predicted octanol–water partition coefficient (Wildman–Crippen LogP) is 1.83. The Hall–Kier alpha value is -1.55. The monoisotopic (exact) mass is 251 g/mol. The topological polar surface area (TPSA) is 61.5 Å². The average Bonchev–Trinajstić information content (AvgIpc) is 2.38. The van der Waals surface area contributed by atoms with Gasteiger partial charge >= 0.3 is 5.97 Å². The van der Waals surface area contributed by atoms with E-state index in [1.165, 1.54) is 7.11 Å². The van der Waals surface area contributed by atoms with E-state index in [1.54, 1.807) is 0 Å². The second-order valence-electron chi connectivity index (χ2n) is 4.20. The summed E-state index contributed by atoms with van der Waals surface area (Å²) in [4.78, 5) is 11.2. The Morgan fingerprint density at radius 2 is 2.17 bits per heavy atom. The van der Waals surface area contributed by atoms with Crippen molar-refractivity contribution < 1.29 is 14.3 Å². The Morgan fingerprint density at radius 3 is 2.72 bits per heavy atom. The summed E-state index contributed by atoms with van der Waals surface area (Å²) in [6.07, 6.45) is 1.34. The lowest BCUT2D eigenvalue weighted by Crippen LogP contribution is -2.31. The first-order chi connectivity index (χ1) is 8.58. The molecule has 1 rings (SSSR count). The van der Waals surface area contributed by atoms with Gasteiger partial charge in [-0.2, -0.15) is 0 Å². The normalized spacial score (nSPS) is 12.0. The van der Waals surface area contributed by atoms with Crippen molar-refractivity contribution in [2.24, 2.45) is 5.73 Å². The Kier molecular flexibility index (Phi) is 5.65. The van der Waals surface area contributed by atoms with Gasteiger partial charge in [0.05, 0.1) is 13.7 Å². The molecule has 0 aliphatic carbocycles. The van der Waals surface area contributed by atoms with Gasteiger partial charge in [-0.25, -0.2) is 0 Å². The first kappa shape index (κ1) is 14.5. The van der Waals surface area contributed by atoms with Crippen LogP contribution in [0.2, 0.25) is 0 Å². The second-order valence-corrected chi connectivity index (χ2v) is 4.20. The van der Waals surface area contributed by atoms with Crippen molar-refractivity contribution in [2.75, 3.05) is 13.7 Å². The molecule has 0 saturated carbocycles. The highest BCUT2D eigenvalue weighted by atomic mass is 16.5. The number of hydrogen-bond donors (Lipinski definition) is 1. The molecule has 1 unspecified atom stereocenters. The predicted molar refractivity (Wildman–Crippen MR) is 70.7 cm³/mol. The fraction of sp³-hybridized carbons (Fsp3) is 0.500. The molecule has 0 bridgehead atoms. The molecular formula is C14H21NO3. The Morgan fingerprint density at radius 1 is 1.44 bits per heavy atom. The van der Waals surface area contributed by atoms with Gasteiger partial charge in [-0.15, -0.1) is 0 Å². The van der Waals surface area contributed by atoms with Crippen LogP contribution in [0, 0.1) is 6.92 Å². The van der Waals surface area contributed by atoms with Crippen LogP contribution in [0.15, 0.2) is 18.2 Å². The summed E-state index contributed by atoms with van der Waals surface area (Å²) in [5, 5.41) is 0. The van der Waals surface area contributed by atoms with E-state index >= 15 is 0 Å². The number of esters is 1. The largest absolute Gasteiger partial charge is 0.494 e. The summed E-state index contributed by atoms with van der Waals surface area (Å²) >= 11 is 0. The van der Waals surface area contributed by atoms with E-state index in [1.807, 2.05) is 26.0 Å². The van der Waals surface area contributed by atoms with Crippen LogP contribution in [0.1, 0.15) is 24.5 Å². The maximum atomic E-state index is 11.2. The minimum atomic E-state index is -0.554. The number of benzene rings is 1. The van der Waals surface area contributed by atoms with Gasteiger partial charge in [0.1, 0.15) is 11.8 Å². The molecule has 0 aromatic heterocycles. The third kappa shape index (κ3) is 4.04. The average molecular weight is 251 g/mol. The van der Waals surface area contributed by atoms with Crippen molar-refractivity contribution in [3.63, 3.8) is 0 Å². The van der Waals surface area contributed by atoms with E-state index in [0.717, 1.165) is 23.3 Å². The molecule has 0 amide bonds. The zero-order chi connectivity index (χ0) is 13.5. The summed E-state index contributed by atoms with van der Waals surface area (Å²) in [7, 11) is 1.35. The van der Waals surface area contributed by atoms with Gasteiger partial charge in [-0.3, -0.25) is 4.79 Å². The smallest absolute Gasteiger partial charge is 0.322 e. The van der Waals surface area contributed by atoms with E-state index < -0.39 is 6.04 Å². The molecule has 4 heteroatoms. The molecule has 0 heterocycles. The van der Waals surface area contributed by atoms with Crippen molar-refractivity contribution in [1.82, 2.24) is 0 Å². The minimum absolute atomic E-state index is 0.363. The van der Waals surface area contributed by atoms with Gasteiger partial charge in [-0.05, 0) is 43.9 Å². The lowest BCUT2D eigenvalue weighted by molar-refractivity contribution is -0.142. The molecule has 0 saturated heterocycles. The molecule has 18 heavy (non-hydrogen) atoms. The molecule has 100 valence electrons. The molecule has 0 aliphatic rings. The lowest BCUT2D eigenvalue weighted by Gasteiger charge is -2.11. The maximum absolute atomic E-state index is 11.2. The number of nitrogens with two attached hydrogens (primary N) is 1. The molecule has 1 aromatic carbocycles. The first-order valence-corrected chi connectivity index (χ1v) is 6.14. The van der Waals surface area contributed by atoms with Crippen LogP contribution < -0.4 is 10.5 Å². The number of ether oxygens (including phenoxy) is 2. The molecule has 0 spiro atoms. The molecule has 0 aliphatic heterocycles. The molecule has 1 aromatic rings. The first-order valence-electron chi connectivity index (χ1n) is 6.14. The van der Waals surface area contributed by atoms with Gasteiger partial charge in [0.25, 0.3) is 0 Å². The quantitative estimate of drug-likeness (QED) is 0.783. The standard InChI is InChI=1S/C14H21NO3/c1-4-18-13-8-6-11(9-10(13)2)5-7-12(15)14(16)17-3/h6,8-9,12H,4-5,7,15H2,1-3H3. The van der Waals surface area contributed by atoms with Crippen LogP contribution in [0.4, 0.5) is 0 Å². The highest BCUT2D eigenvalue weighted by molar-refractivity contribution is 5.75. The molecule has 0 radical (unpaired) electrons. The SMILES string of the molecule is CCOc1ccc(CCC(N)C(=O)OC)cc1C. The van der Waals surface area contributed by atoms with E-state index in [0.29, 0.717) is 13.0 Å². The summed E-state index contributed by atoms with van der Waals surface area (Å²) < 4.78 is 10.1. The highest BCUT2D eigenvalue weighted by Gasteiger charge is 2.13. The van der Waals surface area contributed by atoms with Crippen LogP contribution in [0.5, 0.6) is 5.75 Å². The van der Waals surface area contributed by atoms with Crippen LogP contribution in [-0.4, -0.2) is 25.7 Å². The minimum Gasteiger partial charge on any atom is -0.494 e. The van der Waals surface area contributed by atoms with Crippen LogP contribution in [0.3, 0.4) is 0 Å². The van der Waals surface area contributed by atoms with Gasteiger partial charge in [-0.1, -0.05) is 12.1 Å². The third-order valence-electron chi connectivity index (χ3n) is 2.79. The third-order valence-corrected chi connectivity index (χ3v) is 2.79. The molecule has 0 fully saturated rings. The van der Waals surface area contributed by atoms with Crippen molar-refractivity contribution in [3.8, 4) is 5.75 Å². The van der Waals surface area contributed by atoms with Crippen LogP contribution in [-0.2, 0) is 16.0 Å². The molecule has 4 nitrogen and oxygen atoms in total.